The summed E-state index contributed by atoms with van der Waals surface area (Å²) in [6.45, 7) is 2.09. The number of aryl methyl sites for hydroxylation is 1. The Bertz CT molecular complexity index is 325. The average molecular weight is 188 g/mol. The lowest BCUT2D eigenvalue weighted by atomic mass is 10.00. The molecule has 0 fully saturated rings. The molecule has 1 aromatic heterocycles. The second-order valence-corrected chi connectivity index (χ2v) is 3.32. The predicted octanol–water partition coefficient (Wildman–Crippen LogP) is 2.06. The molecule has 2 nitrogen and oxygen atoms in total. The molecule has 0 saturated carbocycles. The highest BCUT2D eigenvalue weighted by molar-refractivity contribution is 5.25. The summed E-state index contributed by atoms with van der Waals surface area (Å²) in [6.07, 6.45) is 10.7. The van der Waals surface area contributed by atoms with Gasteiger partial charge in [-0.1, -0.05) is 0 Å². The Morgan fingerprint density at radius 1 is 1.64 bits per heavy atom. The number of terminal acetylenes is 1. The molecule has 0 aliphatic rings. The van der Waals surface area contributed by atoms with Crippen LogP contribution in [0.4, 0.5) is 0 Å². The first kappa shape index (κ1) is 10.7. The van der Waals surface area contributed by atoms with Gasteiger partial charge in [-0.3, -0.25) is 4.98 Å². The van der Waals surface area contributed by atoms with Crippen LogP contribution in [-0.4, -0.2) is 12.0 Å². The molecule has 1 unspecified atom stereocenters. The lowest BCUT2D eigenvalue weighted by molar-refractivity contribution is 0.554. The molecule has 0 spiro atoms. The number of hydrogen-bond acceptors (Lipinski definition) is 2. The minimum absolute atomic E-state index is 0.319. The molecule has 0 aliphatic carbocycles. The molecule has 14 heavy (non-hydrogen) atoms. The van der Waals surface area contributed by atoms with Gasteiger partial charge in [-0.2, -0.15) is 0 Å². The van der Waals surface area contributed by atoms with Gasteiger partial charge >= 0.3 is 0 Å². The maximum absolute atomic E-state index is 5.25. The smallest absolute Gasteiger partial charge is 0.0344 e. The quantitative estimate of drug-likeness (QED) is 0.732. The van der Waals surface area contributed by atoms with Crippen molar-refractivity contribution in [3.05, 3.63) is 29.6 Å². The summed E-state index contributed by atoms with van der Waals surface area (Å²) in [5.41, 5.74) is 2.50. The van der Waals surface area contributed by atoms with Crippen LogP contribution in [0.1, 0.15) is 30.0 Å². The lowest BCUT2D eigenvalue weighted by Gasteiger charge is -2.16. The zero-order valence-corrected chi connectivity index (χ0v) is 8.75. The molecule has 0 radical (unpaired) electrons. The molecule has 1 rings (SSSR count). The number of rotatable bonds is 4. The fourth-order valence-electron chi connectivity index (χ4n) is 1.52. The van der Waals surface area contributed by atoms with Gasteiger partial charge in [0.25, 0.3) is 0 Å². The summed E-state index contributed by atoms with van der Waals surface area (Å²) in [4.78, 5) is 4.13. The number of pyridine rings is 1. The van der Waals surface area contributed by atoms with Gasteiger partial charge in [-0.05, 0) is 37.6 Å². The van der Waals surface area contributed by atoms with Crippen molar-refractivity contribution in [2.75, 3.05) is 7.05 Å². The normalized spacial score (nSPS) is 12.1. The van der Waals surface area contributed by atoms with Crippen LogP contribution in [-0.2, 0) is 0 Å². The Kier molecular flexibility index (Phi) is 4.15. The van der Waals surface area contributed by atoms with Gasteiger partial charge in [0.05, 0.1) is 0 Å². The molecule has 1 N–H and O–H groups in total. The van der Waals surface area contributed by atoms with E-state index in [1.54, 1.807) is 0 Å². The van der Waals surface area contributed by atoms with Crippen molar-refractivity contribution in [3.8, 4) is 12.3 Å². The van der Waals surface area contributed by atoms with Crippen LogP contribution in [0.2, 0.25) is 0 Å². The zero-order chi connectivity index (χ0) is 10.4. The maximum Gasteiger partial charge on any atom is 0.0344 e. The Hall–Kier alpha value is -1.33. The third kappa shape index (κ3) is 2.58. The van der Waals surface area contributed by atoms with Gasteiger partial charge in [-0.25, -0.2) is 0 Å². The summed E-state index contributed by atoms with van der Waals surface area (Å²) in [5, 5.41) is 3.26. The molecule has 2 heteroatoms. The molecule has 0 saturated heterocycles. The standard InChI is InChI=1S/C12H16N2/c1-4-5-6-12(13-3)11-9-14-8-7-10(11)2/h1,7-9,12-13H,5-6H2,2-3H3. The Morgan fingerprint density at radius 2 is 2.43 bits per heavy atom. The van der Waals surface area contributed by atoms with Crippen LogP contribution in [0.5, 0.6) is 0 Å². The first-order valence-corrected chi connectivity index (χ1v) is 4.80. The molecule has 1 heterocycles. The molecule has 0 aromatic carbocycles. The fraction of sp³-hybridized carbons (Fsp3) is 0.417. The molecule has 0 amide bonds. The average Bonchev–Trinajstić information content (AvgIpc) is 2.21. The van der Waals surface area contributed by atoms with Crippen molar-refractivity contribution in [3.63, 3.8) is 0 Å². The molecule has 74 valence electrons. The largest absolute Gasteiger partial charge is 0.313 e. The van der Waals surface area contributed by atoms with E-state index in [2.05, 4.69) is 23.1 Å². The number of hydrogen-bond donors (Lipinski definition) is 1. The molecule has 1 aromatic rings. The fourth-order valence-corrected chi connectivity index (χ4v) is 1.52. The highest BCUT2D eigenvalue weighted by Crippen LogP contribution is 2.19. The van der Waals surface area contributed by atoms with Crippen molar-refractivity contribution < 1.29 is 0 Å². The number of nitrogens with one attached hydrogen (secondary N) is 1. The predicted molar refractivity (Wildman–Crippen MR) is 58.8 cm³/mol. The lowest BCUT2D eigenvalue weighted by Crippen LogP contribution is -2.17. The Labute approximate surface area is 85.8 Å². The van der Waals surface area contributed by atoms with E-state index in [4.69, 9.17) is 6.42 Å². The van der Waals surface area contributed by atoms with Crippen LogP contribution >= 0.6 is 0 Å². The minimum atomic E-state index is 0.319. The van der Waals surface area contributed by atoms with Crippen LogP contribution in [0.3, 0.4) is 0 Å². The second-order valence-electron chi connectivity index (χ2n) is 3.32. The van der Waals surface area contributed by atoms with Crippen molar-refractivity contribution >= 4 is 0 Å². The van der Waals surface area contributed by atoms with E-state index >= 15 is 0 Å². The Balaban J connectivity index is 2.79. The zero-order valence-electron chi connectivity index (χ0n) is 8.75. The molecular formula is C12H16N2. The molecule has 0 bridgehead atoms. The van der Waals surface area contributed by atoms with Gasteiger partial charge in [0.1, 0.15) is 0 Å². The van der Waals surface area contributed by atoms with Crippen molar-refractivity contribution in [2.45, 2.75) is 25.8 Å². The first-order valence-electron chi connectivity index (χ1n) is 4.80. The van der Waals surface area contributed by atoms with E-state index in [1.165, 1.54) is 11.1 Å². The highest BCUT2D eigenvalue weighted by Gasteiger charge is 2.10. The van der Waals surface area contributed by atoms with Crippen molar-refractivity contribution in [1.29, 1.82) is 0 Å². The summed E-state index contributed by atoms with van der Waals surface area (Å²) in [6, 6.07) is 2.34. The monoisotopic (exact) mass is 188 g/mol. The van der Waals surface area contributed by atoms with Gasteiger partial charge < -0.3 is 5.32 Å². The topological polar surface area (TPSA) is 24.9 Å². The summed E-state index contributed by atoms with van der Waals surface area (Å²) in [5.74, 6) is 2.66. The van der Waals surface area contributed by atoms with E-state index in [1.807, 2.05) is 25.5 Å². The van der Waals surface area contributed by atoms with Gasteiger partial charge in [-0.15, -0.1) is 12.3 Å². The highest BCUT2D eigenvalue weighted by atomic mass is 14.9. The SMILES string of the molecule is C#CCCC(NC)c1cnccc1C. The van der Waals surface area contributed by atoms with Crippen LogP contribution < -0.4 is 5.32 Å². The van der Waals surface area contributed by atoms with E-state index in [0.717, 1.165) is 12.8 Å². The van der Waals surface area contributed by atoms with E-state index in [0.29, 0.717) is 6.04 Å². The van der Waals surface area contributed by atoms with Crippen LogP contribution in [0, 0.1) is 19.3 Å². The summed E-state index contributed by atoms with van der Waals surface area (Å²) < 4.78 is 0. The second kappa shape index (κ2) is 5.41. The summed E-state index contributed by atoms with van der Waals surface area (Å²) >= 11 is 0. The molecular weight excluding hydrogens is 172 g/mol. The van der Waals surface area contributed by atoms with Gasteiger partial charge in [0.2, 0.25) is 0 Å². The molecule has 0 aliphatic heterocycles. The number of nitrogens with zero attached hydrogens (tertiary/aromatic N) is 1. The first-order chi connectivity index (χ1) is 6.79. The van der Waals surface area contributed by atoms with E-state index < -0.39 is 0 Å². The molecule has 1 atom stereocenters. The van der Waals surface area contributed by atoms with Crippen molar-refractivity contribution in [1.82, 2.24) is 10.3 Å². The maximum atomic E-state index is 5.25. The van der Waals surface area contributed by atoms with E-state index in [-0.39, 0.29) is 0 Å². The third-order valence-electron chi connectivity index (χ3n) is 2.38. The van der Waals surface area contributed by atoms with E-state index in [9.17, 15) is 0 Å². The number of aromatic nitrogens is 1. The summed E-state index contributed by atoms with van der Waals surface area (Å²) in [7, 11) is 1.95. The minimum Gasteiger partial charge on any atom is -0.313 e. The van der Waals surface area contributed by atoms with Gasteiger partial charge in [0, 0.05) is 24.9 Å². The van der Waals surface area contributed by atoms with Crippen molar-refractivity contribution in [2.24, 2.45) is 0 Å². The third-order valence-corrected chi connectivity index (χ3v) is 2.38. The van der Waals surface area contributed by atoms with Gasteiger partial charge in [0.15, 0.2) is 0 Å². The van der Waals surface area contributed by atoms with Crippen LogP contribution in [0.15, 0.2) is 18.5 Å². The van der Waals surface area contributed by atoms with Crippen LogP contribution in [0.25, 0.3) is 0 Å². The Morgan fingerprint density at radius 3 is 3.00 bits per heavy atom.